The molecule has 3 rings (SSSR count). The first-order chi connectivity index (χ1) is 36.8. The molecule has 0 atom stereocenters. The second-order valence-electron chi connectivity index (χ2n) is 20.8. The van der Waals surface area contributed by atoms with Gasteiger partial charge >= 0.3 is 12.1 Å². The highest BCUT2D eigenvalue weighted by Gasteiger charge is 2.26. The molecule has 0 radical (unpaired) electrons. The summed E-state index contributed by atoms with van der Waals surface area (Å²) in [5, 5.41) is 8.59. The zero-order chi connectivity index (χ0) is 58.0. The lowest BCUT2D eigenvalue weighted by atomic mass is 10.2. The molecule has 6 amide bonds. The fraction of sp³-hybridized carbons (Fsp3) is 0.537. The van der Waals surface area contributed by atoms with Gasteiger partial charge in [-0.1, -0.05) is 77.9 Å². The molecule has 0 saturated heterocycles. The summed E-state index contributed by atoms with van der Waals surface area (Å²) in [5.41, 5.74) is 18.0. The van der Waals surface area contributed by atoms with Crippen molar-refractivity contribution >= 4 is 41.6 Å². The third kappa shape index (κ3) is 27.3. The van der Waals surface area contributed by atoms with E-state index in [1.54, 1.807) is 81.4 Å². The first-order valence-electron chi connectivity index (χ1n) is 25.8. The van der Waals surface area contributed by atoms with E-state index in [0.717, 1.165) is 11.1 Å². The first-order valence-corrected chi connectivity index (χ1v) is 25.8. The van der Waals surface area contributed by atoms with Crippen LogP contribution < -0.4 is 46.8 Å². The van der Waals surface area contributed by atoms with Gasteiger partial charge in [0.25, 0.3) is 0 Å². The van der Waals surface area contributed by atoms with Crippen molar-refractivity contribution in [3.63, 3.8) is 0 Å². The molecule has 0 saturated carbocycles. The van der Waals surface area contributed by atoms with E-state index < -0.39 is 47.2 Å². The summed E-state index contributed by atoms with van der Waals surface area (Å²) in [6.45, 7) is 15.9. The van der Waals surface area contributed by atoms with E-state index in [4.69, 9.17) is 23.7 Å². The van der Waals surface area contributed by atoms with E-state index in [1.165, 1.54) is 58.5 Å². The number of hydrogen-bond donors (Lipinski definition) is 6. The van der Waals surface area contributed by atoms with Crippen LogP contribution in [-0.2, 0) is 57.9 Å². The van der Waals surface area contributed by atoms with E-state index in [1.807, 2.05) is 53.7 Å². The third-order valence-electron chi connectivity index (χ3n) is 10.6. The van der Waals surface area contributed by atoms with Crippen LogP contribution in [-0.4, -0.2) is 165 Å². The molecule has 3 aromatic carbocycles. The average Bonchev–Trinajstić information content (AvgIpc) is 3.32. The number of carbonyl (C=O) groups is 7. The fourth-order valence-electron chi connectivity index (χ4n) is 7.73. The molecule has 78 heavy (non-hydrogen) atoms. The van der Waals surface area contributed by atoms with Crippen LogP contribution in [0.3, 0.4) is 0 Å². The number of carbonyl (C=O) groups excluding carboxylic acids is 7. The van der Waals surface area contributed by atoms with Crippen molar-refractivity contribution < 1.29 is 57.2 Å². The smallest absolute Gasteiger partial charge is 0.422 e. The Hall–Kier alpha value is -7.09. The third-order valence-corrected chi connectivity index (χ3v) is 10.6. The molecule has 432 valence electrons. The number of benzene rings is 3. The predicted octanol–water partition coefficient (Wildman–Crippen LogP) is 3.16. The number of rotatable bonds is 33. The molecule has 0 aromatic heterocycles. The molecule has 0 unspecified atom stereocenters. The van der Waals surface area contributed by atoms with E-state index >= 15 is 0 Å². The molecule has 0 aliphatic rings. The van der Waals surface area contributed by atoms with Gasteiger partial charge in [0.05, 0.1) is 61.2 Å². The number of ether oxygens (including phenoxy) is 5. The molecule has 24 heteroatoms. The van der Waals surface area contributed by atoms with Crippen molar-refractivity contribution in [2.45, 2.75) is 87.5 Å². The minimum atomic E-state index is -0.809. The van der Waals surface area contributed by atoms with E-state index in [0.29, 0.717) is 29.4 Å². The summed E-state index contributed by atoms with van der Waals surface area (Å²) in [6.07, 6.45) is -0.763. The minimum absolute atomic E-state index is 0.0159. The highest BCUT2D eigenvalue weighted by atomic mass is 16.6. The maximum absolute atomic E-state index is 14.1. The van der Waals surface area contributed by atoms with Gasteiger partial charge < -0.3 is 23.7 Å². The second kappa shape index (κ2) is 33.3. The van der Waals surface area contributed by atoms with Crippen LogP contribution in [0.2, 0.25) is 0 Å². The van der Waals surface area contributed by atoms with E-state index in [-0.39, 0.29) is 89.7 Å². The van der Waals surface area contributed by atoms with Crippen LogP contribution in [0.4, 0.5) is 4.79 Å². The number of amides is 6. The minimum Gasteiger partial charge on any atom is -0.497 e. The molecular formula is C54H84N12O12. The molecule has 0 bridgehead atoms. The van der Waals surface area contributed by atoms with Crippen LogP contribution in [0.5, 0.6) is 17.2 Å². The van der Waals surface area contributed by atoms with Gasteiger partial charge in [-0.3, -0.25) is 61.3 Å². The van der Waals surface area contributed by atoms with Gasteiger partial charge in [-0.25, -0.2) is 34.8 Å². The van der Waals surface area contributed by atoms with Gasteiger partial charge in [0.1, 0.15) is 29.4 Å². The molecule has 3 aromatic rings. The predicted molar refractivity (Wildman–Crippen MR) is 292 cm³/mol. The Morgan fingerprint density at radius 3 is 0.987 bits per heavy atom. The highest BCUT2D eigenvalue weighted by Crippen LogP contribution is 2.17. The number of nitrogens with zero attached hydrogens (tertiary/aromatic N) is 6. The average molecular weight is 1090 g/mol. The fourth-order valence-corrected chi connectivity index (χ4v) is 7.73. The zero-order valence-corrected chi connectivity index (χ0v) is 47.7. The summed E-state index contributed by atoms with van der Waals surface area (Å²) < 4.78 is 26.5. The molecule has 0 fully saturated rings. The Bertz CT molecular complexity index is 2400. The van der Waals surface area contributed by atoms with E-state index in [2.05, 4.69) is 32.6 Å². The summed E-state index contributed by atoms with van der Waals surface area (Å²) in [7, 11) is 5.85. The maximum atomic E-state index is 14.1. The van der Waals surface area contributed by atoms with Crippen molar-refractivity contribution in [2.24, 2.45) is 17.8 Å². The van der Waals surface area contributed by atoms with Gasteiger partial charge in [0.15, 0.2) is 0 Å². The van der Waals surface area contributed by atoms with Gasteiger partial charge in [-0.15, -0.1) is 0 Å². The molecule has 0 spiro atoms. The Balaban J connectivity index is 1.82. The summed E-state index contributed by atoms with van der Waals surface area (Å²) in [6, 6.07) is 21.4. The molecule has 24 nitrogen and oxygen atoms in total. The highest BCUT2D eigenvalue weighted by molar-refractivity contribution is 5.83. The van der Waals surface area contributed by atoms with Gasteiger partial charge in [-0.2, -0.15) is 0 Å². The standard InChI is InChI=1S/C54H84N12O12/c1-38(2)26-61(32-47(67)59-65(30-42-18-15-21-45(24-42)75-11)35-50(70)57-63(28-40(5)6)37-52(72)77-13)55-49(69)34-64(29-41-17-14-20-44(23-41)74-10)58-48(68)33-62(27-39(3)4)56-51(71)36-66(60-53(73)78-54(7,8)9)31-43-19-16-22-46(25-43)76-12/h14-25,38-40H,26-37H2,1-13H3,(H,55,69)(H,56,71)(H,57,70)(H,58,68)(H,59,67)(H,60,73). The Morgan fingerprint density at radius 1 is 0.423 bits per heavy atom. The van der Waals surface area contributed by atoms with Crippen molar-refractivity contribution in [3.05, 3.63) is 89.5 Å². The SMILES string of the molecule is COC(=O)CN(CC(C)C)NC(=O)CN(Cc1cccc(OC)c1)NC(=O)CN(CC(C)C)NC(=O)CN(Cc1cccc(OC)c1)NC(=O)CN(CC(C)C)NC(=O)CN(Cc1cccc(OC)c1)NC(=O)OC(C)(C)C. The molecule has 0 heterocycles. The van der Waals surface area contributed by atoms with Gasteiger partial charge in [0, 0.05) is 39.3 Å². The maximum Gasteiger partial charge on any atom is 0.422 e. The van der Waals surface area contributed by atoms with Crippen LogP contribution in [0, 0.1) is 17.8 Å². The zero-order valence-electron chi connectivity index (χ0n) is 47.7. The normalized spacial score (nSPS) is 11.6. The number of hydrogen-bond acceptors (Lipinski definition) is 18. The van der Waals surface area contributed by atoms with Crippen LogP contribution >= 0.6 is 0 Å². The van der Waals surface area contributed by atoms with Crippen molar-refractivity contribution in [1.82, 2.24) is 62.6 Å². The van der Waals surface area contributed by atoms with Crippen LogP contribution in [0.15, 0.2) is 72.8 Å². The second-order valence-corrected chi connectivity index (χ2v) is 20.8. The summed E-state index contributed by atoms with van der Waals surface area (Å²) >= 11 is 0. The van der Waals surface area contributed by atoms with Crippen molar-refractivity contribution in [3.8, 4) is 17.2 Å². The van der Waals surface area contributed by atoms with Crippen molar-refractivity contribution in [1.29, 1.82) is 0 Å². The summed E-state index contributed by atoms with van der Waals surface area (Å²) in [4.78, 5) is 94.4. The lowest BCUT2D eigenvalue weighted by Crippen LogP contribution is -2.57. The molecule has 0 aliphatic heterocycles. The lowest BCUT2D eigenvalue weighted by molar-refractivity contribution is -0.144. The number of hydrazine groups is 6. The van der Waals surface area contributed by atoms with Crippen LogP contribution in [0.1, 0.15) is 79.0 Å². The first kappa shape index (κ1) is 65.2. The number of methoxy groups -OCH3 is 4. The number of esters is 1. The lowest BCUT2D eigenvalue weighted by Gasteiger charge is -2.30. The van der Waals surface area contributed by atoms with Crippen molar-refractivity contribution in [2.75, 3.05) is 87.3 Å². The Labute approximate surface area is 459 Å². The summed E-state index contributed by atoms with van der Waals surface area (Å²) in [5.74, 6) is -1.54. The van der Waals surface area contributed by atoms with Gasteiger partial charge in [-0.05, 0) is 91.6 Å². The number of nitrogens with one attached hydrogen (secondary N) is 6. The molecule has 0 aliphatic carbocycles. The van der Waals surface area contributed by atoms with E-state index in [9.17, 15) is 33.6 Å². The largest absolute Gasteiger partial charge is 0.497 e. The molecule has 6 N–H and O–H groups in total. The monoisotopic (exact) mass is 1090 g/mol. The Morgan fingerprint density at radius 2 is 0.705 bits per heavy atom. The Kier molecular flexibility index (Phi) is 27.8. The quantitative estimate of drug-likeness (QED) is 0.0378. The molecular weight excluding hydrogens is 1010 g/mol. The topological polar surface area (TPSA) is 257 Å². The van der Waals surface area contributed by atoms with Gasteiger partial charge in [0.2, 0.25) is 29.5 Å². The van der Waals surface area contributed by atoms with Crippen LogP contribution in [0.25, 0.3) is 0 Å².